The molecule has 2 aliphatic heterocycles. The number of nitrogens with one attached hydrogen (secondary N) is 2. The van der Waals surface area contributed by atoms with Gasteiger partial charge in [-0.3, -0.25) is 4.79 Å². The number of anilines is 2. The minimum absolute atomic E-state index is 0.138. The van der Waals surface area contributed by atoms with Crippen LogP contribution in [0, 0.1) is 5.92 Å². The van der Waals surface area contributed by atoms with Crippen molar-refractivity contribution in [1.82, 2.24) is 4.90 Å². The van der Waals surface area contributed by atoms with Crippen molar-refractivity contribution >= 4 is 17.3 Å². The third-order valence-electron chi connectivity index (χ3n) is 4.34. The number of methoxy groups -OCH3 is 1. The molecule has 2 N–H and O–H groups in total. The number of carbonyl (C=O) groups is 1. The van der Waals surface area contributed by atoms with Crippen molar-refractivity contribution in [1.29, 1.82) is 0 Å². The van der Waals surface area contributed by atoms with Gasteiger partial charge >= 0.3 is 0 Å². The van der Waals surface area contributed by atoms with Gasteiger partial charge in [-0.1, -0.05) is 6.07 Å². The number of rotatable bonds is 3. The van der Waals surface area contributed by atoms with E-state index in [0.717, 1.165) is 62.6 Å². The summed E-state index contributed by atoms with van der Waals surface area (Å²) in [6.45, 7) is 4.20. The van der Waals surface area contributed by atoms with Crippen LogP contribution in [0.15, 0.2) is 18.2 Å². The number of ether oxygens (including phenoxy) is 1. The number of piperidine rings is 1. The monoisotopic (exact) mass is 289 g/mol. The number of carbonyl (C=O) groups excluding carboxylic acids is 1. The van der Waals surface area contributed by atoms with Gasteiger partial charge in [0.05, 0.1) is 16.9 Å². The fraction of sp³-hybridized carbons (Fsp3) is 0.562. The Balaban J connectivity index is 1.72. The predicted molar refractivity (Wildman–Crippen MR) is 83.9 cm³/mol. The Morgan fingerprint density at radius 1 is 1.29 bits per heavy atom. The van der Waals surface area contributed by atoms with Gasteiger partial charge in [0.2, 0.25) is 0 Å². The highest BCUT2D eigenvalue weighted by Crippen LogP contribution is 2.30. The molecular weight excluding hydrogens is 266 g/mol. The highest BCUT2D eigenvalue weighted by molar-refractivity contribution is 6.02. The summed E-state index contributed by atoms with van der Waals surface area (Å²) >= 11 is 0. The molecule has 1 aromatic carbocycles. The van der Waals surface area contributed by atoms with Gasteiger partial charge in [0.1, 0.15) is 0 Å². The number of benzene rings is 1. The SMILES string of the molecule is COCC1CCN(C(=O)c2cccc3c2NCCN3)CC1. The summed E-state index contributed by atoms with van der Waals surface area (Å²) in [6.07, 6.45) is 2.06. The Kier molecular flexibility index (Phi) is 4.29. The lowest BCUT2D eigenvalue weighted by Gasteiger charge is -2.33. The Morgan fingerprint density at radius 2 is 2.05 bits per heavy atom. The van der Waals surface area contributed by atoms with Crippen molar-refractivity contribution in [3.63, 3.8) is 0 Å². The maximum Gasteiger partial charge on any atom is 0.256 e. The summed E-state index contributed by atoms with van der Waals surface area (Å²) in [5.74, 6) is 0.724. The molecule has 0 radical (unpaired) electrons. The highest BCUT2D eigenvalue weighted by Gasteiger charge is 2.26. The molecule has 2 aliphatic rings. The van der Waals surface area contributed by atoms with E-state index in [1.807, 2.05) is 23.1 Å². The first-order chi connectivity index (χ1) is 10.3. The van der Waals surface area contributed by atoms with E-state index in [0.29, 0.717) is 5.92 Å². The molecule has 3 rings (SSSR count). The zero-order valence-corrected chi connectivity index (χ0v) is 12.5. The minimum atomic E-state index is 0.138. The smallest absolute Gasteiger partial charge is 0.256 e. The second-order valence-corrected chi connectivity index (χ2v) is 5.77. The van der Waals surface area contributed by atoms with E-state index in [9.17, 15) is 4.79 Å². The summed E-state index contributed by atoms with van der Waals surface area (Å²) in [6, 6.07) is 5.88. The molecule has 1 amide bonds. The van der Waals surface area contributed by atoms with Crippen molar-refractivity contribution in [2.24, 2.45) is 5.92 Å². The van der Waals surface area contributed by atoms with Crippen LogP contribution < -0.4 is 10.6 Å². The van der Waals surface area contributed by atoms with Crippen molar-refractivity contribution in [2.45, 2.75) is 12.8 Å². The van der Waals surface area contributed by atoms with Crippen molar-refractivity contribution in [3.8, 4) is 0 Å². The number of hydrogen-bond donors (Lipinski definition) is 2. The van der Waals surface area contributed by atoms with Crippen LogP contribution in [0.4, 0.5) is 11.4 Å². The van der Waals surface area contributed by atoms with E-state index >= 15 is 0 Å². The molecule has 0 atom stereocenters. The molecule has 21 heavy (non-hydrogen) atoms. The molecule has 5 nitrogen and oxygen atoms in total. The van der Waals surface area contributed by atoms with E-state index in [2.05, 4.69) is 10.6 Å². The van der Waals surface area contributed by atoms with Gasteiger partial charge in [-0.15, -0.1) is 0 Å². The third kappa shape index (κ3) is 2.97. The number of amides is 1. The number of para-hydroxylation sites is 1. The average molecular weight is 289 g/mol. The molecule has 0 spiro atoms. The topological polar surface area (TPSA) is 53.6 Å². The molecule has 0 unspecified atom stereocenters. The molecule has 0 bridgehead atoms. The lowest BCUT2D eigenvalue weighted by molar-refractivity contribution is 0.0614. The van der Waals surface area contributed by atoms with E-state index in [4.69, 9.17) is 4.74 Å². The molecule has 114 valence electrons. The second-order valence-electron chi connectivity index (χ2n) is 5.77. The Hall–Kier alpha value is -1.75. The molecule has 1 saturated heterocycles. The molecule has 1 fully saturated rings. The standard InChI is InChI=1S/C16H23N3O2/c1-21-11-12-5-9-19(10-6-12)16(20)13-3-2-4-14-15(13)18-8-7-17-14/h2-4,12,17-18H,5-11H2,1H3. The number of hydrogen-bond acceptors (Lipinski definition) is 4. The first kappa shape index (κ1) is 14.2. The van der Waals surface area contributed by atoms with Gasteiger partial charge < -0.3 is 20.3 Å². The lowest BCUT2D eigenvalue weighted by Crippen LogP contribution is -2.40. The van der Waals surface area contributed by atoms with Gasteiger partial charge in [0.15, 0.2) is 0 Å². The number of likely N-dealkylation sites (tertiary alicyclic amines) is 1. The highest BCUT2D eigenvalue weighted by atomic mass is 16.5. The molecule has 1 aromatic rings. The van der Waals surface area contributed by atoms with Crippen molar-refractivity contribution in [2.75, 3.05) is 50.5 Å². The Labute approximate surface area is 125 Å². The van der Waals surface area contributed by atoms with Crippen LogP contribution in [-0.4, -0.2) is 50.7 Å². The normalized spacial score (nSPS) is 18.6. The molecule has 0 aromatic heterocycles. The first-order valence-electron chi connectivity index (χ1n) is 7.68. The third-order valence-corrected chi connectivity index (χ3v) is 4.34. The van der Waals surface area contributed by atoms with Crippen LogP contribution >= 0.6 is 0 Å². The molecule has 0 aliphatic carbocycles. The van der Waals surface area contributed by atoms with Gasteiger partial charge in [0.25, 0.3) is 5.91 Å². The zero-order chi connectivity index (χ0) is 14.7. The average Bonchev–Trinajstić information content (AvgIpc) is 2.55. The molecular formula is C16H23N3O2. The fourth-order valence-electron chi connectivity index (χ4n) is 3.16. The van der Waals surface area contributed by atoms with Crippen LogP contribution in [-0.2, 0) is 4.74 Å². The maximum atomic E-state index is 12.8. The largest absolute Gasteiger partial charge is 0.384 e. The van der Waals surface area contributed by atoms with E-state index in [-0.39, 0.29) is 5.91 Å². The van der Waals surface area contributed by atoms with Crippen LogP contribution in [0.3, 0.4) is 0 Å². The van der Waals surface area contributed by atoms with Gasteiger partial charge in [0, 0.05) is 39.9 Å². The van der Waals surface area contributed by atoms with E-state index < -0.39 is 0 Å². The summed E-state index contributed by atoms with van der Waals surface area (Å²) in [4.78, 5) is 14.7. The van der Waals surface area contributed by atoms with Gasteiger partial charge in [-0.25, -0.2) is 0 Å². The van der Waals surface area contributed by atoms with Crippen molar-refractivity contribution in [3.05, 3.63) is 23.8 Å². The lowest BCUT2D eigenvalue weighted by atomic mass is 9.97. The fourth-order valence-corrected chi connectivity index (χ4v) is 3.16. The zero-order valence-electron chi connectivity index (χ0n) is 12.5. The Morgan fingerprint density at radius 3 is 2.81 bits per heavy atom. The van der Waals surface area contributed by atoms with E-state index in [1.54, 1.807) is 7.11 Å². The molecule has 2 heterocycles. The molecule has 0 saturated carbocycles. The van der Waals surface area contributed by atoms with E-state index in [1.165, 1.54) is 0 Å². The summed E-state index contributed by atoms with van der Waals surface area (Å²) in [5.41, 5.74) is 2.76. The Bertz CT molecular complexity index is 510. The first-order valence-corrected chi connectivity index (χ1v) is 7.68. The maximum absolute atomic E-state index is 12.8. The number of nitrogens with zero attached hydrogens (tertiary/aromatic N) is 1. The predicted octanol–water partition coefficient (Wildman–Crippen LogP) is 2.02. The van der Waals surface area contributed by atoms with Crippen LogP contribution in [0.5, 0.6) is 0 Å². The number of fused-ring (bicyclic) bond motifs is 1. The summed E-state index contributed by atoms with van der Waals surface area (Å²) < 4.78 is 5.21. The summed E-state index contributed by atoms with van der Waals surface area (Å²) in [7, 11) is 1.74. The molecule has 5 heteroatoms. The van der Waals surface area contributed by atoms with Gasteiger partial charge in [-0.05, 0) is 30.9 Å². The van der Waals surface area contributed by atoms with Crippen LogP contribution in [0.25, 0.3) is 0 Å². The quantitative estimate of drug-likeness (QED) is 0.894. The van der Waals surface area contributed by atoms with Crippen LogP contribution in [0.1, 0.15) is 23.2 Å². The van der Waals surface area contributed by atoms with Crippen LogP contribution in [0.2, 0.25) is 0 Å². The second kappa shape index (κ2) is 6.35. The minimum Gasteiger partial charge on any atom is -0.384 e. The summed E-state index contributed by atoms with van der Waals surface area (Å²) in [5, 5.41) is 6.69. The van der Waals surface area contributed by atoms with Crippen molar-refractivity contribution < 1.29 is 9.53 Å². The van der Waals surface area contributed by atoms with Gasteiger partial charge in [-0.2, -0.15) is 0 Å².